The van der Waals surface area contributed by atoms with Crippen LogP contribution in [0.5, 0.6) is 5.75 Å². The van der Waals surface area contributed by atoms with E-state index >= 15 is 0 Å². The van der Waals surface area contributed by atoms with E-state index in [0.717, 1.165) is 16.0 Å². The molecule has 3 rings (SSSR count). The molecule has 0 aliphatic rings. The number of hydrogen-bond acceptors (Lipinski definition) is 7. The van der Waals surface area contributed by atoms with Gasteiger partial charge in [0.25, 0.3) is 10.0 Å². The third-order valence-corrected chi connectivity index (χ3v) is 8.48. The summed E-state index contributed by atoms with van der Waals surface area (Å²) in [6.07, 6.45) is 0.502. The molecule has 0 saturated heterocycles. The third kappa shape index (κ3) is 7.21. The van der Waals surface area contributed by atoms with Gasteiger partial charge in [-0.05, 0) is 65.3 Å². The molecule has 3 aromatic rings. The molecule has 6 N–H and O–H groups in total. The van der Waals surface area contributed by atoms with Gasteiger partial charge >= 0.3 is 5.97 Å². The highest BCUT2D eigenvalue weighted by Crippen LogP contribution is 2.35. The number of oxime groups is 1. The molecule has 188 valence electrons. The van der Waals surface area contributed by atoms with E-state index in [0.29, 0.717) is 40.3 Å². The lowest BCUT2D eigenvalue weighted by molar-refractivity contribution is -0.138. The van der Waals surface area contributed by atoms with Crippen molar-refractivity contribution in [3.05, 3.63) is 58.6 Å². The van der Waals surface area contributed by atoms with E-state index < -0.39 is 22.0 Å². The number of hydrogen-bond donors (Lipinski definition) is 4. The maximum absolute atomic E-state index is 13.0. The quantitative estimate of drug-likeness (QED) is 0.118. The van der Waals surface area contributed by atoms with Crippen molar-refractivity contribution >= 4 is 55.0 Å². The van der Waals surface area contributed by atoms with Crippen molar-refractivity contribution in [1.82, 2.24) is 4.72 Å². The molecule has 1 heterocycles. The monoisotopic (exact) mass is 540 g/mol. The minimum absolute atomic E-state index is 0.0447. The van der Waals surface area contributed by atoms with E-state index in [9.17, 15) is 18.3 Å². The van der Waals surface area contributed by atoms with Gasteiger partial charge in [0.2, 0.25) is 5.96 Å². The molecule has 0 bridgehead atoms. The molecule has 1 atom stereocenters. The summed E-state index contributed by atoms with van der Waals surface area (Å²) in [5.41, 5.74) is 11.4. The number of halogens is 1. The minimum Gasteiger partial charge on any atom is -0.493 e. The van der Waals surface area contributed by atoms with Gasteiger partial charge in [-0.25, -0.2) is 8.42 Å². The van der Waals surface area contributed by atoms with Crippen molar-refractivity contribution in [1.29, 1.82) is 0 Å². The molecule has 0 fully saturated rings. The number of fused-ring (bicyclic) bond motifs is 1. The first-order valence-electron chi connectivity index (χ1n) is 10.4. The van der Waals surface area contributed by atoms with Crippen molar-refractivity contribution in [3.8, 4) is 5.75 Å². The smallest absolute Gasteiger partial charge is 0.322 e. The summed E-state index contributed by atoms with van der Waals surface area (Å²) < 4.78 is 34.8. The van der Waals surface area contributed by atoms with Crippen molar-refractivity contribution in [2.24, 2.45) is 16.6 Å². The molecular formula is C22H25ClN4O6S2. The Labute approximate surface area is 211 Å². The number of guanidine groups is 1. The molecule has 0 unspecified atom stereocenters. The maximum Gasteiger partial charge on any atom is 0.322 e. The van der Waals surface area contributed by atoms with E-state index in [1.807, 2.05) is 0 Å². The van der Waals surface area contributed by atoms with Crippen molar-refractivity contribution in [2.75, 3.05) is 13.2 Å². The average Bonchev–Trinajstić information content (AvgIpc) is 3.13. The topological polar surface area (TPSA) is 166 Å². The number of sulfonamides is 1. The van der Waals surface area contributed by atoms with Crippen molar-refractivity contribution < 1.29 is 27.9 Å². The molecular weight excluding hydrogens is 516 g/mol. The second kappa shape index (κ2) is 11.6. The zero-order valence-corrected chi connectivity index (χ0v) is 21.1. The van der Waals surface area contributed by atoms with Crippen LogP contribution < -0.4 is 20.9 Å². The lowest BCUT2D eigenvalue weighted by Gasteiger charge is -2.15. The third-order valence-electron chi connectivity index (χ3n) is 4.88. The molecule has 0 aliphatic carbocycles. The fourth-order valence-corrected chi connectivity index (χ4v) is 6.36. The van der Waals surface area contributed by atoms with Gasteiger partial charge in [0.05, 0.1) is 6.61 Å². The van der Waals surface area contributed by atoms with Gasteiger partial charge < -0.3 is 26.1 Å². The molecule has 0 aliphatic heterocycles. The number of ether oxygens (including phenoxy) is 1. The molecule has 0 spiro atoms. The zero-order valence-electron chi connectivity index (χ0n) is 18.7. The standard InChI is InChI=1S/C22H25ClN4O6S2/c1-13-17-12-15(23)5-8-19(17)34-21(13)35(30,31)27-18(20(28)29)11-14-3-6-16(7-4-14)32-9-2-10-33-26-22(24)25/h3-8,12,18,27H,2,9-11H2,1H3,(H,28,29)(H4,24,25,26)/t18-/m0/s1. The number of nitrogens with zero attached hydrogens (tertiary/aromatic N) is 1. The van der Waals surface area contributed by atoms with Crippen LogP contribution in [0.2, 0.25) is 5.02 Å². The Bertz CT molecular complexity index is 1320. The number of nitrogens with two attached hydrogens (primary N) is 2. The van der Waals surface area contributed by atoms with Gasteiger partial charge in [-0.1, -0.05) is 23.7 Å². The van der Waals surface area contributed by atoms with Crippen LogP contribution in [-0.2, 0) is 26.1 Å². The van der Waals surface area contributed by atoms with Crippen LogP contribution in [0.4, 0.5) is 0 Å². The van der Waals surface area contributed by atoms with Crippen LogP contribution in [0.1, 0.15) is 17.5 Å². The van der Waals surface area contributed by atoms with Gasteiger partial charge in [0, 0.05) is 16.1 Å². The summed E-state index contributed by atoms with van der Waals surface area (Å²) >= 11 is 7.10. The number of carboxylic acids is 1. The van der Waals surface area contributed by atoms with Crippen LogP contribution in [-0.4, -0.2) is 44.7 Å². The van der Waals surface area contributed by atoms with E-state index in [4.69, 9.17) is 32.6 Å². The normalized spacial score (nSPS) is 12.3. The number of nitrogens with one attached hydrogen (secondary N) is 1. The number of carboxylic acid groups (broad SMARTS) is 1. The van der Waals surface area contributed by atoms with Crippen LogP contribution >= 0.6 is 22.9 Å². The first-order chi connectivity index (χ1) is 16.6. The lowest BCUT2D eigenvalue weighted by Crippen LogP contribution is -2.42. The number of rotatable bonds is 12. The summed E-state index contributed by atoms with van der Waals surface area (Å²) in [6, 6.07) is 10.5. The molecule has 13 heteroatoms. The number of thiophene rings is 1. The Hall–Kier alpha value is -3.06. The van der Waals surface area contributed by atoms with Gasteiger partial charge in [-0.15, -0.1) is 11.3 Å². The fraction of sp³-hybridized carbons (Fsp3) is 0.273. The highest BCUT2D eigenvalue weighted by atomic mass is 35.5. The highest BCUT2D eigenvalue weighted by Gasteiger charge is 2.29. The maximum atomic E-state index is 13.0. The molecule has 2 aromatic carbocycles. The number of carbonyl (C=O) groups is 1. The van der Waals surface area contributed by atoms with Crippen LogP contribution in [0.15, 0.2) is 51.8 Å². The van der Waals surface area contributed by atoms with E-state index in [-0.39, 0.29) is 23.2 Å². The number of aryl methyl sites for hydroxylation is 1. The Morgan fingerprint density at radius 3 is 2.57 bits per heavy atom. The van der Waals surface area contributed by atoms with Gasteiger partial charge in [-0.3, -0.25) is 4.79 Å². The Balaban J connectivity index is 1.64. The first kappa shape index (κ1) is 26.5. The molecule has 1 aromatic heterocycles. The summed E-state index contributed by atoms with van der Waals surface area (Å²) in [7, 11) is -4.08. The predicted octanol–water partition coefficient (Wildman–Crippen LogP) is 2.81. The number of benzene rings is 2. The summed E-state index contributed by atoms with van der Waals surface area (Å²) in [4.78, 5) is 16.7. The molecule has 35 heavy (non-hydrogen) atoms. The van der Waals surface area contributed by atoms with Crippen LogP contribution in [0.25, 0.3) is 10.1 Å². The Kier molecular flexibility index (Phi) is 8.78. The van der Waals surface area contributed by atoms with Gasteiger partial charge in [0.15, 0.2) is 0 Å². The van der Waals surface area contributed by atoms with E-state index in [1.165, 1.54) is 0 Å². The molecule has 0 saturated carbocycles. The Morgan fingerprint density at radius 2 is 1.91 bits per heavy atom. The number of aliphatic carboxylic acids is 1. The van der Waals surface area contributed by atoms with Crippen LogP contribution in [0.3, 0.4) is 0 Å². The van der Waals surface area contributed by atoms with E-state index in [1.54, 1.807) is 49.4 Å². The first-order valence-corrected chi connectivity index (χ1v) is 13.1. The SMILES string of the molecule is Cc1c(S(=O)(=O)N[C@@H](Cc2ccc(OCCCON=C(N)N)cc2)C(=O)O)sc2ccc(Cl)cc12. The molecule has 10 nitrogen and oxygen atoms in total. The van der Waals surface area contributed by atoms with Crippen molar-refractivity contribution in [3.63, 3.8) is 0 Å². The fourth-order valence-electron chi connectivity index (χ4n) is 3.24. The average molecular weight is 541 g/mol. The van der Waals surface area contributed by atoms with Crippen molar-refractivity contribution in [2.45, 2.75) is 30.0 Å². The van der Waals surface area contributed by atoms with Gasteiger partial charge in [0.1, 0.15) is 22.6 Å². The largest absolute Gasteiger partial charge is 0.493 e. The zero-order chi connectivity index (χ0) is 25.6. The summed E-state index contributed by atoms with van der Waals surface area (Å²) in [6.45, 7) is 2.31. The molecule has 0 amide bonds. The van der Waals surface area contributed by atoms with E-state index in [2.05, 4.69) is 9.88 Å². The second-order valence-corrected chi connectivity index (χ2v) is 11.0. The lowest BCUT2D eigenvalue weighted by atomic mass is 10.1. The Morgan fingerprint density at radius 1 is 1.20 bits per heavy atom. The summed E-state index contributed by atoms with van der Waals surface area (Å²) in [5.74, 6) is -0.869. The molecule has 0 radical (unpaired) electrons. The van der Waals surface area contributed by atoms with Crippen LogP contribution in [0, 0.1) is 6.92 Å². The highest BCUT2D eigenvalue weighted by molar-refractivity contribution is 7.91. The summed E-state index contributed by atoms with van der Waals surface area (Å²) in [5, 5.41) is 14.3. The predicted molar refractivity (Wildman–Crippen MR) is 135 cm³/mol. The van der Waals surface area contributed by atoms with Gasteiger partial charge in [-0.2, -0.15) is 4.72 Å². The minimum atomic E-state index is -4.08. The second-order valence-electron chi connectivity index (χ2n) is 7.57.